The molecule has 0 bridgehead atoms. The van der Waals surface area contributed by atoms with Crippen LogP contribution in [0.1, 0.15) is 18.2 Å². The van der Waals surface area contributed by atoms with Gasteiger partial charge in [0.05, 0.1) is 12.4 Å². The summed E-state index contributed by atoms with van der Waals surface area (Å²) in [6.07, 6.45) is 0.291. The van der Waals surface area contributed by atoms with Crippen LogP contribution in [0, 0.1) is 0 Å². The molecule has 0 aliphatic carbocycles. The van der Waals surface area contributed by atoms with E-state index in [1.807, 2.05) is 18.2 Å². The molecular weight excluding hydrogens is 460 g/mol. The van der Waals surface area contributed by atoms with Crippen molar-refractivity contribution in [1.29, 1.82) is 0 Å². The van der Waals surface area contributed by atoms with Crippen molar-refractivity contribution < 1.29 is 24.9 Å². The summed E-state index contributed by atoms with van der Waals surface area (Å²) in [5.41, 5.74) is 7.74. The van der Waals surface area contributed by atoms with Gasteiger partial charge in [-0.3, -0.25) is 9.36 Å². The molecule has 0 amide bonds. The number of rotatable bonds is 11. The van der Waals surface area contributed by atoms with Crippen LogP contribution < -0.4 is 11.1 Å². The quantitative estimate of drug-likeness (QED) is 0.240. The lowest BCUT2D eigenvalue weighted by atomic mass is 10.1. The van der Waals surface area contributed by atoms with Gasteiger partial charge in [0.15, 0.2) is 23.2 Å². The molecule has 182 valence electrons. The van der Waals surface area contributed by atoms with Crippen molar-refractivity contribution in [2.45, 2.75) is 43.4 Å². The summed E-state index contributed by atoms with van der Waals surface area (Å²) in [5, 5.41) is 33.3. The number of thioether (sulfide) groups is 1. The normalized spacial score (nSPS) is 23.3. The molecule has 1 fully saturated rings. The van der Waals surface area contributed by atoms with Crippen LogP contribution in [-0.2, 0) is 16.0 Å². The van der Waals surface area contributed by atoms with E-state index in [1.54, 1.807) is 4.57 Å². The molecule has 0 radical (unpaired) electrons. The lowest BCUT2D eigenvalue weighted by molar-refractivity contribution is -0.138. The molecule has 6 N–H and O–H groups in total. The summed E-state index contributed by atoms with van der Waals surface area (Å²) in [4.78, 5) is 23.8. The molecule has 1 aliphatic heterocycles. The number of carboxylic acids is 1. The molecule has 11 nitrogen and oxygen atoms in total. The minimum absolute atomic E-state index is 0.303. The maximum absolute atomic E-state index is 10.8. The summed E-state index contributed by atoms with van der Waals surface area (Å²) >= 11 is 1.41. The lowest BCUT2D eigenvalue weighted by Gasteiger charge is -2.16. The Labute approximate surface area is 200 Å². The van der Waals surface area contributed by atoms with E-state index in [0.717, 1.165) is 6.42 Å². The van der Waals surface area contributed by atoms with E-state index in [2.05, 4.69) is 32.4 Å². The summed E-state index contributed by atoms with van der Waals surface area (Å²) in [5.74, 6) is 0.417. The molecule has 34 heavy (non-hydrogen) atoms. The molecule has 3 heterocycles. The number of imidazole rings is 1. The molecular formula is C22H28N6O5S. The van der Waals surface area contributed by atoms with Crippen molar-refractivity contribution in [3.63, 3.8) is 0 Å². The number of nitrogens with zero attached hydrogens (tertiary/aromatic N) is 4. The van der Waals surface area contributed by atoms with Gasteiger partial charge in [0.1, 0.15) is 24.6 Å². The fraction of sp³-hybridized carbons (Fsp3) is 0.455. The van der Waals surface area contributed by atoms with Crippen LogP contribution in [0.15, 0.2) is 43.0 Å². The monoisotopic (exact) mass is 488 g/mol. The van der Waals surface area contributed by atoms with E-state index >= 15 is 0 Å². The Morgan fingerprint density at radius 3 is 2.76 bits per heavy atom. The van der Waals surface area contributed by atoms with E-state index in [-0.39, 0.29) is 0 Å². The number of anilines is 1. The number of fused-ring (bicyclic) bond motifs is 1. The molecule has 1 aromatic carbocycles. The van der Waals surface area contributed by atoms with E-state index in [0.29, 0.717) is 41.5 Å². The largest absolute Gasteiger partial charge is 0.480 e. The highest BCUT2D eigenvalue weighted by atomic mass is 32.2. The van der Waals surface area contributed by atoms with Gasteiger partial charge in [0.25, 0.3) is 0 Å². The molecule has 12 heteroatoms. The number of nitrogens with one attached hydrogen (secondary N) is 1. The van der Waals surface area contributed by atoms with Gasteiger partial charge in [0.2, 0.25) is 0 Å². The number of aliphatic hydroxyl groups is 2. The van der Waals surface area contributed by atoms with Gasteiger partial charge in [-0.25, -0.2) is 15.0 Å². The van der Waals surface area contributed by atoms with Gasteiger partial charge in [-0.15, -0.1) is 0 Å². The second-order valence-electron chi connectivity index (χ2n) is 8.06. The van der Waals surface area contributed by atoms with E-state index in [4.69, 9.17) is 15.6 Å². The zero-order valence-electron chi connectivity index (χ0n) is 18.4. The summed E-state index contributed by atoms with van der Waals surface area (Å²) in [6, 6.07) is 9.17. The van der Waals surface area contributed by atoms with Crippen LogP contribution in [0.5, 0.6) is 0 Å². The molecule has 5 unspecified atom stereocenters. The molecule has 0 saturated carbocycles. The average molecular weight is 489 g/mol. The van der Waals surface area contributed by atoms with E-state index in [9.17, 15) is 15.0 Å². The van der Waals surface area contributed by atoms with Crippen molar-refractivity contribution >= 4 is 34.7 Å². The number of hydrogen-bond acceptors (Lipinski definition) is 10. The maximum atomic E-state index is 10.8. The third-order valence-corrected chi connectivity index (χ3v) is 6.78. The molecule has 1 aliphatic rings. The average Bonchev–Trinajstić information content (AvgIpc) is 3.39. The van der Waals surface area contributed by atoms with Crippen molar-refractivity contribution in [1.82, 2.24) is 19.5 Å². The number of nitrogens with two attached hydrogens (primary N) is 1. The summed E-state index contributed by atoms with van der Waals surface area (Å²) in [7, 11) is 0. The highest BCUT2D eigenvalue weighted by Gasteiger charge is 2.44. The van der Waals surface area contributed by atoms with Crippen LogP contribution in [-0.4, -0.2) is 83.2 Å². The highest BCUT2D eigenvalue weighted by Crippen LogP contribution is 2.33. The first-order chi connectivity index (χ1) is 16.5. The van der Waals surface area contributed by atoms with Crippen molar-refractivity contribution in [2.24, 2.45) is 5.73 Å². The highest BCUT2D eigenvalue weighted by molar-refractivity contribution is 7.99. The minimum Gasteiger partial charge on any atom is -0.480 e. The number of hydrogen-bond donors (Lipinski definition) is 5. The molecule has 1 saturated heterocycles. The summed E-state index contributed by atoms with van der Waals surface area (Å²) < 4.78 is 7.54. The van der Waals surface area contributed by atoms with E-state index in [1.165, 1.54) is 30.0 Å². The Hall–Kier alpha value is -2.77. The van der Waals surface area contributed by atoms with Crippen LogP contribution in [0.3, 0.4) is 0 Å². The number of aliphatic carboxylic acids is 1. The second-order valence-corrected chi connectivity index (χ2v) is 9.21. The lowest BCUT2D eigenvalue weighted by Crippen LogP contribution is -2.33. The first-order valence-electron chi connectivity index (χ1n) is 11.0. The molecule has 3 aromatic rings. The SMILES string of the molecule is NC(CCSCC1OC(n2cnc3c(NCCc4ccccc4)ncnc32)C(O)C1O)C(=O)O. The fourth-order valence-corrected chi connectivity index (χ4v) is 4.86. The topological polar surface area (TPSA) is 169 Å². The smallest absolute Gasteiger partial charge is 0.320 e. The van der Waals surface area contributed by atoms with Gasteiger partial charge in [0, 0.05) is 12.3 Å². The van der Waals surface area contributed by atoms with Crippen molar-refractivity contribution in [3.8, 4) is 0 Å². The van der Waals surface area contributed by atoms with Crippen molar-refractivity contribution in [2.75, 3.05) is 23.4 Å². The standard InChI is InChI=1S/C22H28N6O5S/c23-14(22(31)32)7-9-34-10-15-17(29)18(30)21(33-15)28-12-27-16-19(25-11-26-20(16)28)24-8-6-13-4-2-1-3-5-13/h1-5,11-12,14-15,17-18,21,29-30H,6-10,23H2,(H,31,32)(H,24,25,26). The Balaban J connectivity index is 1.39. The molecule has 5 atom stereocenters. The van der Waals surface area contributed by atoms with Crippen LogP contribution in [0.2, 0.25) is 0 Å². The number of carbonyl (C=O) groups is 1. The Bertz CT molecular complexity index is 1100. The molecule has 0 spiro atoms. The predicted molar refractivity (Wildman–Crippen MR) is 127 cm³/mol. The van der Waals surface area contributed by atoms with Gasteiger partial charge < -0.3 is 31.1 Å². The van der Waals surface area contributed by atoms with Crippen LogP contribution in [0.25, 0.3) is 11.2 Å². The fourth-order valence-electron chi connectivity index (χ4n) is 3.77. The predicted octanol–water partition coefficient (Wildman–Crippen LogP) is 0.635. The second kappa shape index (κ2) is 11.1. The number of benzene rings is 1. The summed E-state index contributed by atoms with van der Waals surface area (Å²) in [6.45, 7) is 0.662. The minimum atomic E-state index is -1.17. The van der Waals surface area contributed by atoms with Gasteiger partial charge in [-0.1, -0.05) is 30.3 Å². The van der Waals surface area contributed by atoms with Gasteiger partial charge >= 0.3 is 5.97 Å². The Morgan fingerprint density at radius 1 is 1.21 bits per heavy atom. The first kappa shape index (κ1) is 24.4. The third kappa shape index (κ3) is 5.47. The third-order valence-electron chi connectivity index (χ3n) is 5.69. The van der Waals surface area contributed by atoms with Gasteiger partial charge in [-0.2, -0.15) is 11.8 Å². The maximum Gasteiger partial charge on any atom is 0.320 e. The Morgan fingerprint density at radius 2 is 2.00 bits per heavy atom. The van der Waals surface area contributed by atoms with Gasteiger partial charge in [-0.05, 0) is 24.2 Å². The number of aromatic nitrogens is 4. The Kier molecular flexibility index (Phi) is 7.95. The number of ether oxygens (including phenoxy) is 1. The zero-order valence-corrected chi connectivity index (χ0v) is 19.2. The first-order valence-corrected chi connectivity index (χ1v) is 12.1. The molecule has 4 rings (SSSR count). The molecule has 2 aromatic heterocycles. The van der Waals surface area contributed by atoms with Crippen molar-refractivity contribution in [3.05, 3.63) is 48.5 Å². The zero-order chi connectivity index (χ0) is 24.1. The van der Waals surface area contributed by atoms with Crippen LogP contribution in [0.4, 0.5) is 5.82 Å². The van der Waals surface area contributed by atoms with E-state index < -0.39 is 36.6 Å². The number of carboxylic acid groups (broad SMARTS) is 1. The van der Waals surface area contributed by atoms with Crippen LogP contribution >= 0.6 is 11.8 Å². The number of aliphatic hydroxyl groups excluding tert-OH is 2.